The molecule has 1 N–H and O–H groups in total. The molecule has 0 radical (unpaired) electrons. The van der Waals surface area contributed by atoms with Crippen LogP contribution < -0.4 is 0 Å². The second-order valence-electron chi connectivity index (χ2n) is 5.91. The molecular formula is C18H18FNO4S2. The van der Waals surface area contributed by atoms with E-state index in [2.05, 4.69) is 0 Å². The third-order valence-corrected chi connectivity index (χ3v) is 7.50. The third-order valence-electron chi connectivity index (χ3n) is 4.28. The normalized spacial score (nSPS) is 19.0. The molecule has 0 saturated carbocycles. The van der Waals surface area contributed by atoms with Crippen molar-refractivity contribution in [3.63, 3.8) is 0 Å². The maximum Gasteiger partial charge on any atom is 0.338 e. The Labute approximate surface area is 155 Å². The molecule has 0 bridgehead atoms. The molecule has 3 rings (SSSR count). The second-order valence-corrected chi connectivity index (χ2v) is 9.16. The van der Waals surface area contributed by atoms with Gasteiger partial charge in [-0.3, -0.25) is 0 Å². The van der Waals surface area contributed by atoms with Crippen LogP contribution in [-0.4, -0.2) is 42.6 Å². The molecule has 0 spiro atoms. The Morgan fingerprint density at radius 1 is 1.15 bits per heavy atom. The molecule has 2 aromatic carbocycles. The summed E-state index contributed by atoms with van der Waals surface area (Å²) in [6.07, 6.45) is 0.654. The summed E-state index contributed by atoms with van der Waals surface area (Å²) in [6, 6.07) is 12.8. The van der Waals surface area contributed by atoms with Crippen molar-refractivity contribution in [3.8, 4) is 0 Å². The van der Waals surface area contributed by atoms with Crippen molar-refractivity contribution in [2.24, 2.45) is 0 Å². The van der Waals surface area contributed by atoms with Crippen LogP contribution in [0.2, 0.25) is 0 Å². The molecule has 138 valence electrons. The fraction of sp³-hybridized carbons (Fsp3) is 0.278. The Hall–Kier alpha value is -1.90. The van der Waals surface area contributed by atoms with Crippen LogP contribution in [0.1, 0.15) is 27.6 Å². The summed E-state index contributed by atoms with van der Waals surface area (Å²) in [5, 5.41) is 9.23. The van der Waals surface area contributed by atoms with Gasteiger partial charge in [0.2, 0.25) is 10.0 Å². The molecule has 0 aliphatic carbocycles. The van der Waals surface area contributed by atoms with Gasteiger partial charge in [-0.1, -0.05) is 30.3 Å². The van der Waals surface area contributed by atoms with Crippen LogP contribution in [0.25, 0.3) is 0 Å². The molecule has 1 atom stereocenters. The van der Waals surface area contributed by atoms with Crippen LogP contribution >= 0.6 is 11.8 Å². The molecule has 1 aliphatic heterocycles. The van der Waals surface area contributed by atoms with E-state index < -0.39 is 27.4 Å². The summed E-state index contributed by atoms with van der Waals surface area (Å²) in [6.45, 7) is 0.658. The van der Waals surface area contributed by atoms with Crippen molar-refractivity contribution in [1.82, 2.24) is 4.31 Å². The zero-order valence-electron chi connectivity index (χ0n) is 13.8. The van der Waals surface area contributed by atoms with Crippen LogP contribution in [0.15, 0.2) is 53.4 Å². The van der Waals surface area contributed by atoms with E-state index in [4.69, 9.17) is 5.11 Å². The van der Waals surface area contributed by atoms with E-state index >= 15 is 0 Å². The highest BCUT2D eigenvalue weighted by molar-refractivity contribution is 7.99. The average Bonchev–Trinajstić information content (AvgIpc) is 2.89. The number of carboxylic acid groups (broad SMARTS) is 1. The number of hydrogen-bond acceptors (Lipinski definition) is 4. The van der Waals surface area contributed by atoms with Gasteiger partial charge < -0.3 is 5.11 Å². The van der Waals surface area contributed by atoms with Gasteiger partial charge in [-0.25, -0.2) is 17.6 Å². The minimum absolute atomic E-state index is 0.195. The van der Waals surface area contributed by atoms with Gasteiger partial charge in [0, 0.05) is 24.1 Å². The molecule has 2 aromatic rings. The predicted octanol–water partition coefficient (Wildman–Crippen LogP) is 3.39. The van der Waals surface area contributed by atoms with Crippen molar-refractivity contribution >= 4 is 27.8 Å². The summed E-state index contributed by atoms with van der Waals surface area (Å²) in [5.41, 5.74) is 0.518. The Kier molecular flexibility index (Phi) is 5.64. The minimum Gasteiger partial charge on any atom is -0.478 e. The lowest BCUT2D eigenvalue weighted by atomic mass is 10.1. The molecule has 26 heavy (non-hydrogen) atoms. The summed E-state index contributed by atoms with van der Waals surface area (Å²) < 4.78 is 40.7. The quantitative estimate of drug-likeness (QED) is 0.859. The third kappa shape index (κ3) is 3.92. The monoisotopic (exact) mass is 395 g/mol. The van der Waals surface area contributed by atoms with Crippen LogP contribution in [0, 0.1) is 5.82 Å². The fourth-order valence-electron chi connectivity index (χ4n) is 2.90. The van der Waals surface area contributed by atoms with E-state index in [1.165, 1.54) is 4.31 Å². The largest absolute Gasteiger partial charge is 0.478 e. The van der Waals surface area contributed by atoms with Crippen LogP contribution in [-0.2, 0) is 10.0 Å². The molecule has 1 saturated heterocycles. The Morgan fingerprint density at radius 2 is 1.88 bits per heavy atom. The lowest BCUT2D eigenvalue weighted by Crippen LogP contribution is -2.33. The van der Waals surface area contributed by atoms with Crippen molar-refractivity contribution in [2.75, 3.05) is 18.8 Å². The topological polar surface area (TPSA) is 74.7 Å². The van der Waals surface area contributed by atoms with Gasteiger partial charge in [0.15, 0.2) is 0 Å². The number of benzene rings is 2. The summed E-state index contributed by atoms with van der Waals surface area (Å²) in [4.78, 5) is 10.9. The molecule has 1 fully saturated rings. The number of thioether (sulfide) groups is 1. The maximum absolute atomic E-state index is 13.6. The Balaban J connectivity index is 1.82. The van der Waals surface area contributed by atoms with Gasteiger partial charge in [0.25, 0.3) is 0 Å². The predicted molar refractivity (Wildman–Crippen MR) is 98.4 cm³/mol. The zero-order valence-corrected chi connectivity index (χ0v) is 15.5. The number of aromatic carboxylic acids is 1. The van der Waals surface area contributed by atoms with E-state index in [1.54, 1.807) is 11.8 Å². The number of carboxylic acids is 1. The number of halogens is 1. The lowest BCUT2D eigenvalue weighted by molar-refractivity contribution is 0.0691. The first-order valence-corrected chi connectivity index (χ1v) is 10.6. The van der Waals surface area contributed by atoms with Gasteiger partial charge >= 0.3 is 5.97 Å². The average molecular weight is 395 g/mol. The molecule has 0 aromatic heterocycles. The van der Waals surface area contributed by atoms with Gasteiger partial charge in [-0.05, 0) is 30.2 Å². The van der Waals surface area contributed by atoms with Gasteiger partial charge in [-0.15, -0.1) is 0 Å². The van der Waals surface area contributed by atoms with Crippen LogP contribution in [0.3, 0.4) is 0 Å². The smallest absolute Gasteiger partial charge is 0.338 e. The van der Waals surface area contributed by atoms with Gasteiger partial charge in [-0.2, -0.15) is 16.1 Å². The van der Waals surface area contributed by atoms with E-state index in [0.717, 1.165) is 23.8 Å². The van der Waals surface area contributed by atoms with Gasteiger partial charge in [0.05, 0.1) is 10.5 Å². The summed E-state index contributed by atoms with van der Waals surface area (Å²) >= 11 is 1.70. The highest BCUT2D eigenvalue weighted by atomic mass is 32.2. The van der Waals surface area contributed by atoms with E-state index in [0.29, 0.717) is 25.3 Å². The zero-order chi connectivity index (χ0) is 18.7. The first kappa shape index (κ1) is 18.9. The Bertz CT molecular complexity index is 903. The fourth-order valence-corrected chi connectivity index (χ4v) is 5.73. The van der Waals surface area contributed by atoms with Crippen molar-refractivity contribution in [3.05, 3.63) is 65.5 Å². The van der Waals surface area contributed by atoms with E-state index in [1.807, 2.05) is 30.3 Å². The molecule has 1 aliphatic rings. The molecule has 0 amide bonds. The first-order chi connectivity index (χ1) is 12.4. The van der Waals surface area contributed by atoms with Crippen molar-refractivity contribution in [1.29, 1.82) is 0 Å². The number of nitrogens with zero attached hydrogens (tertiary/aromatic N) is 1. The second kappa shape index (κ2) is 7.77. The SMILES string of the molecule is O=C(O)c1cc(S(=O)(=O)N2CCSC(c3ccccc3)CC2)ccc1F. The number of carbonyl (C=O) groups is 1. The standard InChI is InChI=1S/C18H18FNO4S2/c19-16-7-6-14(12-15(16)18(21)22)26(23,24)20-9-8-17(25-11-10-20)13-4-2-1-3-5-13/h1-7,12,17H,8-11H2,(H,21,22). The van der Waals surface area contributed by atoms with E-state index in [9.17, 15) is 17.6 Å². The number of rotatable bonds is 4. The molecular weight excluding hydrogens is 377 g/mol. The minimum atomic E-state index is -3.87. The first-order valence-electron chi connectivity index (χ1n) is 8.09. The molecule has 1 unspecified atom stereocenters. The number of hydrogen-bond donors (Lipinski definition) is 1. The Morgan fingerprint density at radius 3 is 2.58 bits per heavy atom. The van der Waals surface area contributed by atoms with Crippen molar-refractivity contribution in [2.45, 2.75) is 16.6 Å². The highest BCUT2D eigenvalue weighted by Gasteiger charge is 2.29. The highest BCUT2D eigenvalue weighted by Crippen LogP contribution is 2.35. The molecule has 1 heterocycles. The summed E-state index contributed by atoms with van der Waals surface area (Å²) in [5.74, 6) is -1.81. The maximum atomic E-state index is 13.6. The lowest BCUT2D eigenvalue weighted by Gasteiger charge is -2.20. The number of sulfonamides is 1. The molecule has 5 nitrogen and oxygen atoms in total. The van der Waals surface area contributed by atoms with Crippen LogP contribution in [0.5, 0.6) is 0 Å². The molecule has 8 heteroatoms. The van der Waals surface area contributed by atoms with E-state index in [-0.39, 0.29) is 10.1 Å². The van der Waals surface area contributed by atoms with Gasteiger partial charge in [0.1, 0.15) is 5.82 Å². The van der Waals surface area contributed by atoms with Crippen LogP contribution in [0.4, 0.5) is 4.39 Å². The summed E-state index contributed by atoms with van der Waals surface area (Å²) in [7, 11) is -3.87. The van der Waals surface area contributed by atoms with Crippen molar-refractivity contribution < 1.29 is 22.7 Å².